The number of hydrogen-bond acceptors (Lipinski definition) is 3. The molecule has 2 rings (SSSR count). The molecule has 0 aromatic heterocycles. The number of benzene rings is 1. The molecule has 1 aromatic rings. The van der Waals surface area contributed by atoms with Gasteiger partial charge in [0.1, 0.15) is 5.75 Å². The molecule has 1 aliphatic carbocycles. The van der Waals surface area contributed by atoms with Gasteiger partial charge in [0.25, 0.3) is 5.91 Å². The molecular formula is C14H18ClN3O2S. The zero-order valence-corrected chi connectivity index (χ0v) is 13.5. The third-order valence-electron chi connectivity index (χ3n) is 2.97. The molecule has 21 heavy (non-hydrogen) atoms. The van der Waals surface area contributed by atoms with Crippen LogP contribution in [0.25, 0.3) is 0 Å². The van der Waals surface area contributed by atoms with Gasteiger partial charge in [-0.15, -0.1) is 0 Å². The summed E-state index contributed by atoms with van der Waals surface area (Å²) >= 11 is 11.1. The van der Waals surface area contributed by atoms with Crippen molar-refractivity contribution < 1.29 is 9.53 Å². The maximum Gasteiger partial charge on any atom is 0.279 e. The number of carbonyl (C=O) groups excluding carboxylic acids is 1. The van der Waals surface area contributed by atoms with Crippen molar-refractivity contribution in [1.82, 2.24) is 16.2 Å². The summed E-state index contributed by atoms with van der Waals surface area (Å²) in [6.45, 7) is 3.57. The number of hydrogen-bond donors (Lipinski definition) is 3. The van der Waals surface area contributed by atoms with Crippen molar-refractivity contribution in [2.24, 2.45) is 0 Å². The van der Waals surface area contributed by atoms with Crippen LogP contribution in [0.3, 0.4) is 0 Å². The molecular weight excluding hydrogens is 310 g/mol. The molecule has 0 bridgehead atoms. The first-order valence-corrected chi connectivity index (χ1v) is 7.53. The van der Waals surface area contributed by atoms with Gasteiger partial charge in [0.15, 0.2) is 11.2 Å². The molecule has 0 aliphatic heterocycles. The van der Waals surface area contributed by atoms with E-state index in [2.05, 4.69) is 16.2 Å². The van der Waals surface area contributed by atoms with Gasteiger partial charge in [-0.3, -0.25) is 15.6 Å². The van der Waals surface area contributed by atoms with Gasteiger partial charge in [0.05, 0.1) is 5.02 Å². The van der Waals surface area contributed by atoms with E-state index >= 15 is 0 Å². The normalized spacial score (nSPS) is 15.0. The maximum absolute atomic E-state index is 11.9. The van der Waals surface area contributed by atoms with Gasteiger partial charge in [-0.05, 0) is 56.6 Å². The van der Waals surface area contributed by atoms with Crippen molar-refractivity contribution in [3.05, 3.63) is 28.8 Å². The molecule has 3 N–H and O–H groups in total. The largest absolute Gasteiger partial charge is 0.479 e. The van der Waals surface area contributed by atoms with Crippen LogP contribution in [0, 0.1) is 6.92 Å². The number of halogens is 1. The Morgan fingerprint density at radius 3 is 2.81 bits per heavy atom. The number of aryl methyl sites for hydroxylation is 1. The second-order valence-corrected chi connectivity index (χ2v) is 5.87. The Hall–Kier alpha value is -1.53. The van der Waals surface area contributed by atoms with Gasteiger partial charge in [-0.25, -0.2) is 0 Å². The number of amides is 1. The van der Waals surface area contributed by atoms with Crippen LogP contribution in [0.5, 0.6) is 5.75 Å². The second-order valence-electron chi connectivity index (χ2n) is 5.06. The van der Waals surface area contributed by atoms with Gasteiger partial charge in [0, 0.05) is 6.04 Å². The highest BCUT2D eigenvalue weighted by atomic mass is 35.5. The maximum atomic E-state index is 11.9. The topological polar surface area (TPSA) is 62.4 Å². The molecule has 1 atom stereocenters. The van der Waals surface area contributed by atoms with E-state index in [0.717, 1.165) is 18.4 Å². The van der Waals surface area contributed by atoms with E-state index < -0.39 is 6.10 Å². The zero-order chi connectivity index (χ0) is 15.4. The second kappa shape index (κ2) is 6.95. The first-order valence-electron chi connectivity index (χ1n) is 6.75. The molecule has 1 fully saturated rings. The molecule has 1 amide bonds. The van der Waals surface area contributed by atoms with Crippen LogP contribution in [-0.4, -0.2) is 23.2 Å². The summed E-state index contributed by atoms with van der Waals surface area (Å²) in [6.07, 6.45) is 1.53. The van der Waals surface area contributed by atoms with E-state index in [1.807, 2.05) is 13.0 Å². The van der Waals surface area contributed by atoms with E-state index in [-0.39, 0.29) is 5.91 Å². The lowest BCUT2D eigenvalue weighted by atomic mass is 10.2. The van der Waals surface area contributed by atoms with Crippen molar-refractivity contribution in [2.75, 3.05) is 0 Å². The van der Waals surface area contributed by atoms with Crippen LogP contribution in [0.15, 0.2) is 18.2 Å². The summed E-state index contributed by atoms with van der Waals surface area (Å²) in [5.74, 6) is 0.158. The lowest BCUT2D eigenvalue weighted by Crippen LogP contribution is -2.50. The van der Waals surface area contributed by atoms with E-state index in [1.54, 1.807) is 19.1 Å². The van der Waals surface area contributed by atoms with Crippen LogP contribution in [0.4, 0.5) is 0 Å². The minimum Gasteiger partial charge on any atom is -0.479 e. The van der Waals surface area contributed by atoms with E-state index in [0.29, 0.717) is 21.9 Å². The fourth-order valence-corrected chi connectivity index (χ4v) is 1.99. The van der Waals surface area contributed by atoms with E-state index in [4.69, 9.17) is 28.6 Å². The fraction of sp³-hybridized carbons (Fsp3) is 0.429. The van der Waals surface area contributed by atoms with Crippen molar-refractivity contribution in [3.8, 4) is 5.75 Å². The third-order valence-corrected chi connectivity index (χ3v) is 3.50. The lowest BCUT2D eigenvalue weighted by molar-refractivity contribution is -0.127. The fourth-order valence-electron chi connectivity index (χ4n) is 1.61. The predicted molar refractivity (Wildman–Crippen MR) is 86.3 cm³/mol. The Bertz CT molecular complexity index is 549. The SMILES string of the molecule is Cc1ccc(Cl)c(O[C@H](C)C(=O)NNC(=S)NC2CC2)c1. The molecule has 0 spiro atoms. The Morgan fingerprint density at radius 1 is 1.43 bits per heavy atom. The molecule has 1 aromatic carbocycles. The van der Waals surface area contributed by atoms with Crippen LogP contribution in [-0.2, 0) is 4.79 Å². The molecule has 0 saturated heterocycles. The molecule has 0 unspecified atom stereocenters. The highest BCUT2D eigenvalue weighted by Gasteiger charge is 2.22. The number of thiocarbonyl (C=S) groups is 1. The third kappa shape index (κ3) is 5.06. The van der Waals surface area contributed by atoms with Crippen molar-refractivity contribution in [3.63, 3.8) is 0 Å². The molecule has 1 saturated carbocycles. The molecule has 1 aliphatic rings. The summed E-state index contributed by atoms with van der Waals surface area (Å²) in [5.41, 5.74) is 6.17. The first kappa shape index (κ1) is 15.9. The van der Waals surface area contributed by atoms with Crippen molar-refractivity contribution in [2.45, 2.75) is 38.8 Å². The Morgan fingerprint density at radius 2 is 2.14 bits per heavy atom. The number of rotatable bonds is 4. The highest BCUT2D eigenvalue weighted by molar-refractivity contribution is 7.80. The molecule has 0 heterocycles. The minimum atomic E-state index is -0.694. The standard InChI is InChI=1S/C14H18ClN3O2S/c1-8-3-6-11(15)12(7-8)20-9(2)13(19)17-18-14(21)16-10-4-5-10/h3,6-7,9-10H,4-5H2,1-2H3,(H,17,19)(H2,16,18,21)/t9-/m1/s1. The van der Waals surface area contributed by atoms with Crippen LogP contribution >= 0.6 is 23.8 Å². The van der Waals surface area contributed by atoms with Gasteiger partial charge < -0.3 is 10.1 Å². The van der Waals surface area contributed by atoms with Crippen molar-refractivity contribution >= 4 is 34.8 Å². The van der Waals surface area contributed by atoms with Gasteiger partial charge in [-0.1, -0.05) is 17.7 Å². The van der Waals surface area contributed by atoms with Crippen LogP contribution < -0.4 is 20.9 Å². The molecule has 5 nitrogen and oxygen atoms in total. The van der Waals surface area contributed by atoms with E-state index in [1.165, 1.54) is 0 Å². The number of carbonyl (C=O) groups is 1. The van der Waals surface area contributed by atoms with Crippen molar-refractivity contribution in [1.29, 1.82) is 0 Å². The summed E-state index contributed by atoms with van der Waals surface area (Å²) in [7, 11) is 0. The van der Waals surface area contributed by atoms with Gasteiger partial charge >= 0.3 is 0 Å². The molecule has 114 valence electrons. The Labute approximate surface area is 134 Å². The number of ether oxygens (including phenoxy) is 1. The highest BCUT2D eigenvalue weighted by Crippen LogP contribution is 2.26. The van der Waals surface area contributed by atoms with E-state index in [9.17, 15) is 4.79 Å². The minimum absolute atomic E-state index is 0.326. The Kier molecular flexibility index (Phi) is 5.25. The smallest absolute Gasteiger partial charge is 0.279 e. The summed E-state index contributed by atoms with van der Waals surface area (Å²) < 4.78 is 5.57. The summed E-state index contributed by atoms with van der Waals surface area (Å²) in [4.78, 5) is 11.9. The number of nitrogens with one attached hydrogen (secondary N) is 3. The molecule has 0 radical (unpaired) electrons. The Balaban J connectivity index is 1.81. The van der Waals surface area contributed by atoms with Gasteiger partial charge in [0.2, 0.25) is 0 Å². The van der Waals surface area contributed by atoms with Crippen LogP contribution in [0.1, 0.15) is 25.3 Å². The summed E-state index contributed by atoms with van der Waals surface area (Å²) in [5, 5.41) is 3.94. The quantitative estimate of drug-likeness (QED) is 0.584. The van der Waals surface area contributed by atoms with Crippen LogP contribution in [0.2, 0.25) is 5.02 Å². The van der Waals surface area contributed by atoms with Gasteiger partial charge in [-0.2, -0.15) is 0 Å². The zero-order valence-electron chi connectivity index (χ0n) is 11.9. The lowest BCUT2D eigenvalue weighted by Gasteiger charge is -2.17. The molecule has 7 heteroatoms. The summed E-state index contributed by atoms with van der Waals surface area (Å²) in [6, 6.07) is 5.84. The predicted octanol–water partition coefficient (Wildman–Crippen LogP) is 2.07. The monoisotopic (exact) mass is 327 g/mol. The number of hydrazine groups is 1. The first-order chi connectivity index (χ1) is 9.95. The average Bonchev–Trinajstić information content (AvgIpc) is 3.24. The average molecular weight is 328 g/mol.